The van der Waals surface area contributed by atoms with Crippen molar-refractivity contribution in [1.29, 1.82) is 0 Å². The van der Waals surface area contributed by atoms with E-state index in [1.54, 1.807) is 16.8 Å². The van der Waals surface area contributed by atoms with Crippen molar-refractivity contribution in [3.63, 3.8) is 0 Å². The third-order valence-electron chi connectivity index (χ3n) is 3.04. The average Bonchev–Trinajstić information content (AvgIpc) is 2.80. The number of anilines is 1. The second-order valence-corrected chi connectivity index (χ2v) is 4.76. The van der Waals surface area contributed by atoms with E-state index in [0.717, 1.165) is 6.54 Å². The lowest BCUT2D eigenvalue weighted by atomic mass is 10.1. The number of nitrogen functional groups attached to an aromatic ring is 1. The van der Waals surface area contributed by atoms with E-state index in [9.17, 15) is 4.79 Å². The highest BCUT2D eigenvalue weighted by atomic mass is 16.1. The minimum Gasteiger partial charge on any atom is -0.397 e. The molecule has 0 bridgehead atoms. The standard InChI is InChI=1S/C11H17N3O/c1-11(3-4-11)7-13-10(15)9-5-8(12)6-14(9)2/h5-6H,3-4,7,12H2,1-2H3,(H,13,15). The van der Waals surface area contributed by atoms with Crippen LogP contribution in [-0.2, 0) is 7.05 Å². The van der Waals surface area contributed by atoms with Crippen molar-refractivity contribution in [2.45, 2.75) is 19.8 Å². The zero-order chi connectivity index (χ0) is 11.1. The Labute approximate surface area is 89.5 Å². The molecule has 1 aliphatic carbocycles. The number of aryl methyl sites for hydroxylation is 1. The quantitative estimate of drug-likeness (QED) is 0.780. The SMILES string of the molecule is Cn1cc(N)cc1C(=O)NCC1(C)CC1. The maximum Gasteiger partial charge on any atom is 0.267 e. The Morgan fingerprint density at radius 3 is 2.80 bits per heavy atom. The van der Waals surface area contributed by atoms with Gasteiger partial charge in [-0.05, 0) is 24.3 Å². The predicted molar refractivity (Wildman–Crippen MR) is 59.5 cm³/mol. The Hall–Kier alpha value is -1.45. The molecule has 1 aromatic rings. The van der Waals surface area contributed by atoms with Gasteiger partial charge in [-0.1, -0.05) is 6.92 Å². The van der Waals surface area contributed by atoms with Crippen molar-refractivity contribution >= 4 is 11.6 Å². The molecule has 82 valence electrons. The van der Waals surface area contributed by atoms with Crippen LogP contribution in [0, 0.1) is 5.41 Å². The second-order valence-electron chi connectivity index (χ2n) is 4.76. The fourth-order valence-corrected chi connectivity index (χ4v) is 1.59. The van der Waals surface area contributed by atoms with E-state index in [4.69, 9.17) is 5.73 Å². The van der Waals surface area contributed by atoms with Gasteiger partial charge in [0.1, 0.15) is 5.69 Å². The zero-order valence-electron chi connectivity index (χ0n) is 9.21. The van der Waals surface area contributed by atoms with Gasteiger partial charge in [0.15, 0.2) is 0 Å². The van der Waals surface area contributed by atoms with E-state index in [1.165, 1.54) is 12.8 Å². The number of nitrogens with zero attached hydrogens (tertiary/aromatic N) is 1. The molecule has 15 heavy (non-hydrogen) atoms. The molecule has 0 saturated heterocycles. The summed E-state index contributed by atoms with van der Waals surface area (Å²) in [6, 6.07) is 1.70. The highest BCUT2D eigenvalue weighted by Crippen LogP contribution is 2.44. The molecule has 0 atom stereocenters. The molecule has 1 saturated carbocycles. The lowest BCUT2D eigenvalue weighted by Crippen LogP contribution is -2.30. The number of carbonyl (C=O) groups is 1. The minimum absolute atomic E-state index is 0.0395. The van der Waals surface area contributed by atoms with E-state index < -0.39 is 0 Å². The summed E-state index contributed by atoms with van der Waals surface area (Å²) in [5, 5.41) is 2.94. The summed E-state index contributed by atoms with van der Waals surface area (Å²) < 4.78 is 1.75. The highest BCUT2D eigenvalue weighted by molar-refractivity contribution is 5.93. The van der Waals surface area contributed by atoms with Crippen molar-refractivity contribution < 1.29 is 4.79 Å². The first-order valence-corrected chi connectivity index (χ1v) is 5.20. The van der Waals surface area contributed by atoms with Crippen molar-refractivity contribution in [2.75, 3.05) is 12.3 Å². The molecule has 1 aromatic heterocycles. The van der Waals surface area contributed by atoms with Crippen molar-refractivity contribution in [3.05, 3.63) is 18.0 Å². The molecule has 0 spiro atoms. The Balaban J connectivity index is 1.98. The summed E-state index contributed by atoms with van der Waals surface area (Å²) in [4.78, 5) is 11.8. The Kier molecular flexibility index (Phi) is 2.21. The molecular weight excluding hydrogens is 190 g/mol. The second kappa shape index (κ2) is 3.29. The van der Waals surface area contributed by atoms with Gasteiger partial charge in [0.2, 0.25) is 0 Å². The van der Waals surface area contributed by atoms with Gasteiger partial charge in [-0.3, -0.25) is 4.79 Å². The Morgan fingerprint density at radius 1 is 1.67 bits per heavy atom. The van der Waals surface area contributed by atoms with Gasteiger partial charge in [0, 0.05) is 19.8 Å². The number of hydrogen-bond donors (Lipinski definition) is 2. The van der Waals surface area contributed by atoms with Crippen LogP contribution in [-0.4, -0.2) is 17.0 Å². The predicted octanol–water partition coefficient (Wildman–Crippen LogP) is 1.14. The van der Waals surface area contributed by atoms with E-state index in [1.807, 2.05) is 7.05 Å². The number of amides is 1. The van der Waals surface area contributed by atoms with Gasteiger partial charge >= 0.3 is 0 Å². The van der Waals surface area contributed by atoms with Crippen LogP contribution in [0.5, 0.6) is 0 Å². The highest BCUT2D eigenvalue weighted by Gasteiger charge is 2.37. The topological polar surface area (TPSA) is 60.0 Å². The summed E-state index contributed by atoms with van der Waals surface area (Å²) in [5.41, 5.74) is 7.20. The Bertz CT molecular complexity index is 391. The molecule has 1 amide bonds. The van der Waals surface area contributed by atoms with Crippen molar-refractivity contribution in [1.82, 2.24) is 9.88 Å². The zero-order valence-corrected chi connectivity index (χ0v) is 9.21. The first-order chi connectivity index (χ1) is 7.00. The van der Waals surface area contributed by atoms with E-state index in [-0.39, 0.29) is 5.91 Å². The molecule has 3 N–H and O–H groups in total. The monoisotopic (exact) mass is 207 g/mol. The van der Waals surface area contributed by atoms with Crippen molar-refractivity contribution in [3.8, 4) is 0 Å². The number of carbonyl (C=O) groups excluding carboxylic acids is 1. The maximum atomic E-state index is 11.8. The number of aromatic nitrogens is 1. The molecule has 0 aliphatic heterocycles. The molecule has 1 fully saturated rings. The van der Waals surface area contributed by atoms with Crippen LogP contribution in [0.4, 0.5) is 5.69 Å². The third kappa shape index (κ3) is 2.14. The average molecular weight is 207 g/mol. The van der Waals surface area contributed by atoms with Gasteiger partial charge < -0.3 is 15.6 Å². The first-order valence-electron chi connectivity index (χ1n) is 5.20. The summed E-state index contributed by atoms with van der Waals surface area (Å²) in [6.45, 7) is 2.95. The maximum absolute atomic E-state index is 11.8. The van der Waals surface area contributed by atoms with Gasteiger partial charge in [-0.2, -0.15) is 0 Å². The minimum atomic E-state index is -0.0395. The number of hydrogen-bond acceptors (Lipinski definition) is 2. The van der Waals surface area contributed by atoms with E-state index in [2.05, 4.69) is 12.2 Å². The van der Waals surface area contributed by atoms with Crippen LogP contribution in [0.3, 0.4) is 0 Å². The molecular formula is C11H17N3O. The smallest absolute Gasteiger partial charge is 0.267 e. The third-order valence-corrected chi connectivity index (χ3v) is 3.04. The first kappa shape index (κ1) is 10.1. The molecule has 2 rings (SSSR count). The molecule has 1 aliphatic rings. The van der Waals surface area contributed by atoms with Crippen LogP contribution in [0.2, 0.25) is 0 Å². The largest absolute Gasteiger partial charge is 0.397 e. The van der Waals surface area contributed by atoms with Crippen molar-refractivity contribution in [2.24, 2.45) is 12.5 Å². The van der Waals surface area contributed by atoms with Crippen LogP contribution < -0.4 is 11.1 Å². The lowest BCUT2D eigenvalue weighted by Gasteiger charge is -2.10. The molecule has 4 nitrogen and oxygen atoms in total. The fourth-order valence-electron chi connectivity index (χ4n) is 1.59. The van der Waals surface area contributed by atoms with Crippen LogP contribution >= 0.6 is 0 Å². The van der Waals surface area contributed by atoms with E-state index >= 15 is 0 Å². The Morgan fingerprint density at radius 2 is 2.33 bits per heavy atom. The number of nitrogens with two attached hydrogens (primary N) is 1. The van der Waals surface area contributed by atoms with Crippen LogP contribution in [0.25, 0.3) is 0 Å². The summed E-state index contributed by atoms with van der Waals surface area (Å²) >= 11 is 0. The molecule has 4 heteroatoms. The summed E-state index contributed by atoms with van der Waals surface area (Å²) in [7, 11) is 1.82. The number of nitrogens with one attached hydrogen (secondary N) is 1. The number of rotatable bonds is 3. The molecule has 0 unspecified atom stereocenters. The van der Waals surface area contributed by atoms with E-state index in [0.29, 0.717) is 16.8 Å². The normalized spacial score (nSPS) is 17.5. The van der Waals surface area contributed by atoms with Crippen LogP contribution in [0.15, 0.2) is 12.3 Å². The fraction of sp³-hybridized carbons (Fsp3) is 0.545. The lowest BCUT2D eigenvalue weighted by molar-refractivity contribution is 0.0938. The van der Waals surface area contributed by atoms with Crippen LogP contribution in [0.1, 0.15) is 30.3 Å². The summed E-state index contributed by atoms with van der Waals surface area (Å²) in [6.07, 6.45) is 4.17. The summed E-state index contributed by atoms with van der Waals surface area (Å²) in [5.74, 6) is -0.0395. The molecule has 0 aromatic carbocycles. The molecule has 0 radical (unpaired) electrons. The van der Waals surface area contributed by atoms with Gasteiger partial charge in [0.05, 0.1) is 5.69 Å². The van der Waals surface area contributed by atoms with Gasteiger partial charge in [-0.15, -0.1) is 0 Å². The van der Waals surface area contributed by atoms with Gasteiger partial charge in [0.25, 0.3) is 5.91 Å². The van der Waals surface area contributed by atoms with Gasteiger partial charge in [-0.25, -0.2) is 0 Å². The molecule has 1 heterocycles.